The number of hydrogen-bond donors (Lipinski definition) is 0. The van der Waals surface area contributed by atoms with Crippen molar-refractivity contribution in [1.82, 2.24) is 18.7 Å². The van der Waals surface area contributed by atoms with Crippen LogP contribution in [-0.2, 0) is 13.1 Å². The smallest absolute Gasteiger partial charge is 0.337 e. The zero-order valence-corrected chi connectivity index (χ0v) is 19.5. The molecule has 0 unspecified atom stereocenters. The van der Waals surface area contributed by atoms with Gasteiger partial charge in [0.15, 0.2) is 16.9 Å². The highest BCUT2D eigenvalue weighted by Crippen LogP contribution is 2.18. The van der Waals surface area contributed by atoms with E-state index in [0.29, 0.717) is 22.7 Å². The Kier molecular flexibility index (Phi) is 6.36. The minimum Gasteiger partial charge on any atom is -0.497 e. The first kappa shape index (κ1) is 23.0. The van der Waals surface area contributed by atoms with Crippen molar-refractivity contribution in [2.75, 3.05) is 14.2 Å². The first-order chi connectivity index (χ1) is 16.3. The Labute approximate surface area is 195 Å². The van der Waals surface area contributed by atoms with Gasteiger partial charge in [-0.2, -0.15) is 0 Å². The molecule has 9 nitrogen and oxygen atoms in total. The van der Waals surface area contributed by atoms with Crippen LogP contribution in [0.1, 0.15) is 24.2 Å². The van der Waals surface area contributed by atoms with E-state index in [1.165, 1.54) is 20.0 Å². The van der Waals surface area contributed by atoms with Crippen molar-refractivity contribution in [2.45, 2.75) is 26.9 Å². The molecule has 0 aliphatic rings. The van der Waals surface area contributed by atoms with Crippen LogP contribution in [0.3, 0.4) is 0 Å². The number of carbonyl (C=O) groups excluding carboxylic acids is 1. The predicted molar refractivity (Wildman–Crippen MR) is 128 cm³/mol. The topological polar surface area (TPSA) is 97.4 Å². The number of aromatic nitrogens is 4. The van der Waals surface area contributed by atoms with Crippen molar-refractivity contribution in [3.05, 3.63) is 81.3 Å². The molecule has 0 N–H and O–H groups in total. The first-order valence-corrected chi connectivity index (χ1v) is 10.9. The summed E-state index contributed by atoms with van der Waals surface area (Å²) in [6, 6.07) is 13.7. The van der Waals surface area contributed by atoms with E-state index in [1.807, 2.05) is 13.8 Å². The number of methoxy groups -OCH3 is 2. The Bertz CT molecular complexity index is 1440. The summed E-state index contributed by atoms with van der Waals surface area (Å²) < 4.78 is 14.5. The molecule has 0 aliphatic carbocycles. The average Bonchev–Trinajstić information content (AvgIpc) is 3.25. The molecule has 2 aromatic heterocycles. The number of ketones is 1. The van der Waals surface area contributed by atoms with Crippen molar-refractivity contribution in [2.24, 2.45) is 5.92 Å². The fourth-order valence-corrected chi connectivity index (χ4v) is 3.81. The lowest BCUT2D eigenvalue weighted by molar-refractivity contribution is 0.0973. The summed E-state index contributed by atoms with van der Waals surface area (Å²) in [6.07, 6.45) is 1.42. The number of fused-ring (bicyclic) bond motifs is 1. The minimum atomic E-state index is -0.483. The maximum absolute atomic E-state index is 13.4. The van der Waals surface area contributed by atoms with Crippen LogP contribution in [0.15, 0.2) is 64.4 Å². The van der Waals surface area contributed by atoms with Crippen LogP contribution >= 0.6 is 0 Å². The van der Waals surface area contributed by atoms with E-state index >= 15 is 0 Å². The van der Waals surface area contributed by atoms with E-state index in [-0.39, 0.29) is 36.0 Å². The molecule has 0 saturated heterocycles. The number of rotatable bonds is 8. The summed E-state index contributed by atoms with van der Waals surface area (Å²) in [5.74, 6) is 1.15. The van der Waals surface area contributed by atoms with E-state index in [0.717, 1.165) is 0 Å². The summed E-state index contributed by atoms with van der Waals surface area (Å²) in [6.45, 7) is 4.00. The maximum Gasteiger partial charge on any atom is 0.337 e. The van der Waals surface area contributed by atoms with Crippen LogP contribution in [0.4, 0.5) is 0 Å². The predicted octanol–water partition coefficient (Wildman–Crippen LogP) is 2.91. The molecule has 2 heterocycles. The second kappa shape index (κ2) is 9.38. The molecule has 4 rings (SSSR count). The van der Waals surface area contributed by atoms with Gasteiger partial charge in [0.25, 0.3) is 5.56 Å². The summed E-state index contributed by atoms with van der Waals surface area (Å²) in [4.78, 5) is 44.1. The van der Waals surface area contributed by atoms with Crippen molar-refractivity contribution >= 4 is 16.9 Å². The molecule has 34 heavy (non-hydrogen) atoms. The SMILES string of the molecule is COc1ccc(C(=O)Cn2cnc3c2c(=O)n(CC(C)C)c(=O)n3-c2ccc(OC)cc2)cc1. The van der Waals surface area contributed by atoms with Crippen LogP contribution in [-0.4, -0.2) is 38.7 Å². The summed E-state index contributed by atoms with van der Waals surface area (Å²) in [7, 11) is 3.11. The molecule has 2 aromatic carbocycles. The van der Waals surface area contributed by atoms with E-state index in [2.05, 4.69) is 4.98 Å². The van der Waals surface area contributed by atoms with Crippen LogP contribution in [0, 0.1) is 5.92 Å². The van der Waals surface area contributed by atoms with E-state index in [1.54, 1.807) is 62.8 Å². The summed E-state index contributed by atoms with van der Waals surface area (Å²) in [5.41, 5.74) is 0.455. The molecule has 0 bridgehead atoms. The highest BCUT2D eigenvalue weighted by atomic mass is 16.5. The van der Waals surface area contributed by atoms with E-state index in [9.17, 15) is 14.4 Å². The van der Waals surface area contributed by atoms with E-state index < -0.39 is 11.2 Å². The Morgan fingerprint density at radius 2 is 1.53 bits per heavy atom. The Morgan fingerprint density at radius 3 is 2.09 bits per heavy atom. The largest absolute Gasteiger partial charge is 0.497 e. The van der Waals surface area contributed by atoms with Gasteiger partial charge in [-0.3, -0.25) is 14.2 Å². The third-order valence-corrected chi connectivity index (χ3v) is 5.50. The van der Waals surface area contributed by atoms with Gasteiger partial charge in [0.1, 0.15) is 11.5 Å². The lowest BCUT2D eigenvalue weighted by Crippen LogP contribution is -2.41. The third kappa shape index (κ3) is 4.24. The summed E-state index contributed by atoms with van der Waals surface area (Å²) in [5, 5.41) is 0. The van der Waals surface area contributed by atoms with Crippen molar-refractivity contribution < 1.29 is 14.3 Å². The zero-order chi connectivity index (χ0) is 24.4. The average molecular weight is 463 g/mol. The molecular formula is C25H26N4O5. The third-order valence-electron chi connectivity index (χ3n) is 5.50. The quantitative estimate of drug-likeness (QED) is 0.374. The molecule has 0 aliphatic heterocycles. The van der Waals surface area contributed by atoms with Gasteiger partial charge >= 0.3 is 5.69 Å². The maximum atomic E-state index is 13.4. The van der Waals surface area contributed by atoms with Crippen molar-refractivity contribution in [3.63, 3.8) is 0 Å². The lowest BCUT2D eigenvalue weighted by Gasteiger charge is -2.14. The first-order valence-electron chi connectivity index (χ1n) is 10.9. The van der Waals surface area contributed by atoms with Gasteiger partial charge in [-0.1, -0.05) is 13.8 Å². The molecule has 0 amide bonds. The molecule has 0 saturated carbocycles. The fraction of sp³-hybridized carbons (Fsp3) is 0.280. The molecular weight excluding hydrogens is 436 g/mol. The highest BCUT2D eigenvalue weighted by Gasteiger charge is 2.21. The Balaban J connectivity index is 1.87. The molecule has 0 fully saturated rings. The number of nitrogens with zero attached hydrogens (tertiary/aromatic N) is 4. The molecule has 176 valence electrons. The monoisotopic (exact) mass is 462 g/mol. The van der Waals surface area contributed by atoms with Crippen LogP contribution in [0.5, 0.6) is 11.5 Å². The van der Waals surface area contributed by atoms with E-state index in [4.69, 9.17) is 9.47 Å². The zero-order valence-electron chi connectivity index (χ0n) is 19.5. The number of benzene rings is 2. The van der Waals surface area contributed by atoms with Crippen LogP contribution < -0.4 is 20.7 Å². The van der Waals surface area contributed by atoms with Crippen LogP contribution in [0.2, 0.25) is 0 Å². The number of imidazole rings is 1. The number of carbonyl (C=O) groups is 1. The van der Waals surface area contributed by atoms with Crippen molar-refractivity contribution in [1.29, 1.82) is 0 Å². The standard InChI is InChI=1S/C25H26N4O5/c1-16(2)13-28-24(31)22-23(29(25(28)32)18-7-11-20(34-4)12-8-18)26-15-27(22)14-21(30)17-5-9-19(33-3)10-6-17/h5-12,15-16H,13-14H2,1-4H3. The van der Waals surface area contributed by atoms with Gasteiger partial charge in [0.05, 0.1) is 32.8 Å². The van der Waals surface area contributed by atoms with Crippen molar-refractivity contribution in [3.8, 4) is 17.2 Å². The molecule has 9 heteroatoms. The fourth-order valence-electron chi connectivity index (χ4n) is 3.81. The van der Waals surface area contributed by atoms with Gasteiger partial charge in [-0.05, 0) is 54.4 Å². The number of ether oxygens (including phenoxy) is 2. The molecule has 4 aromatic rings. The molecule has 0 atom stereocenters. The second-order valence-corrected chi connectivity index (χ2v) is 8.32. The van der Waals surface area contributed by atoms with Gasteiger partial charge in [0.2, 0.25) is 0 Å². The van der Waals surface area contributed by atoms with Gasteiger partial charge < -0.3 is 14.0 Å². The van der Waals surface area contributed by atoms with Gasteiger partial charge in [-0.15, -0.1) is 0 Å². The van der Waals surface area contributed by atoms with Crippen LogP contribution in [0.25, 0.3) is 16.9 Å². The highest BCUT2D eigenvalue weighted by molar-refractivity contribution is 5.96. The Hall–Kier alpha value is -4.14. The van der Waals surface area contributed by atoms with Gasteiger partial charge in [-0.25, -0.2) is 14.3 Å². The number of Topliss-reactive ketones (excluding diaryl/α,β-unsaturated/α-hetero) is 1. The van der Waals surface area contributed by atoms with Gasteiger partial charge in [0, 0.05) is 12.1 Å². The Morgan fingerprint density at radius 1 is 0.941 bits per heavy atom. The summed E-state index contributed by atoms with van der Waals surface area (Å²) >= 11 is 0. The molecule has 0 spiro atoms. The minimum absolute atomic E-state index is 0.0597. The normalized spacial score (nSPS) is 11.2. The number of hydrogen-bond acceptors (Lipinski definition) is 6. The lowest BCUT2D eigenvalue weighted by atomic mass is 10.1. The molecule has 0 radical (unpaired) electrons. The second-order valence-electron chi connectivity index (χ2n) is 8.32.